The Hall–Kier alpha value is -0.860. The third-order valence-corrected chi connectivity index (χ3v) is 2.85. The quantitative estimate of drug-likeness (QED) is 0.761. The smallest absolute Gasteiger partial charge is 0.0662 e. The molecule has 0 radical (unpaired) electrons. The molecule has 1 atom stereocenters. The Balaban J connectivity index is 2.35. The molecule has 0 aliphatic carbocycles. The fourth-order valence-electron chi connectivity index (χ4n) is 1.79. The number of hydrogen-bond donors (Lipinski definition) is 2. The maximum Gasteiger partial charge on any atom is 0.0662 e. The van der Waals surface area contributed by atoms with Gasteiger partial charge in [0.1, 0.15) is 0 Å². The lowest BCUT2D eigenvalue weighted by molar-refractivity contribution is 0.167. The van der Waals surface area contributed by atoms with E-state index in [4.69, 9.17) is 0 Å². The molecule has 0 saturated carbocycles. The summed E-state index contributed by atoms with van der Waals surface area (Å²) in [5.41, 5.74) is 2.68. The first-order valence-corrected chi connectivity index (χ1v) is 6.58. The van der Waals surface area contributed by atoms with Gasteiger partial charge in [-0.25, -0.2) is 0 Å². The highest BCUT2D eigenvalue weighted by Crippen LogP contribution is 2.09. The average Bonchev–Trinajstić information content (AvgIpc) is 2.30. The lowest BCUT2D eigenvalue weighted by Crippen LogP contribution is -2.25. The fourth-order valence-corrected chi connectivity index (χ4v) is 1.79. The normalized spacial score (nSPS) is 13.0. The summed E-state index contributed by atoms with van der Waals surface area (Å²) in [6.07, 6.45) is 1.72. The molecule has 2 nitrogen and oxygen atoms in total. The fraction of sp³-hybridized carbons (Fsp3) is 0.600. The standard InChI is InChI=1S/C15H25NO/c1-4-15(17)11-16-10-14-7-5-13(6-8-14)9-12(2)3/h5-8,12,15-17H,4,9-11H2,1-3H3. The molecule has 0 bridgehead atoms. The van der Waals surface area contributed by atoms with Crippen molar-refractivity contribution in [2.24, 2.45) is 5.92 Å². The van der Waals surface area contributed by atoms with Crippen molar-refractivity contribution in [1.82, 2.24) is 5.32 Å². The molecule has 1 aromatic rings. The molecular weight excluding hydrogens is 210 g/mol. The minimum absolute atomic E-state index is 0.227. The predicted octanol–water partition coefficient (Wildman–Crippen LogP) is 2.75. The van der Waals surface area contributed by atoms with Crippen molar-refractivity contribution in [3.05, 3.63) is 35.4 Å². The SMILES string of the molecule is CCC(O)CNCc1ccc(CC(C)C)cc1. The van der Waals surface area contributed by atoms with E-state index in [9.17, 15) is 5.11 Å². The minimum atomic E-state index is -0.227. The van der Waals surface area contributed by atoms with Gasteiger partial charge in [-0.1, -0.05) is 45.0 Å². The van der Waals surface area contributed by atoms with Gasteiger partial charge in [-0.05, 0) is 29.9 Å². The van der Waals surface area contributed by atoms with Gasteiger partial charge in [-0.15, -0.1) is 0 Å². The van der Waals surface area contributed by atoms with Crippen LogP contribution in [0.1, 0.15) is 38.3 Å². The Morgan fingerprint density at radius 2 is 1.71 bits per heavy atom. The number of hydrogen-bond acceptors (Lipinski definition) is 2. The van der Waals surface area contributed by atoms with Crippen molar-refractivity contribution in [2.75, 3.05) is 6.54 Å². The molecule has 0 saturated heterocycles. The van der Waals surface area contributed by atoms with E-state index in [0.717, 1.165) is 19.4 Å². The molecule has 1 unspecified atom stereocenters. The van der Waals surface area contributed by atoms with Gasteiger partial charge in [0.2, 0.25) is 0 Å². The van der Waals surface area contributed by atoms with Crippen LogP contribution in [-0.4, -0.2) is 17.8 Å². The lowest BCUT2D eigenvalue weighted by Gasteiger charge is -2.10. The van der Waals surface area contributed by atoms with E-state index in [1.807, 2.05) is 6.92 Å². The molecule has 1 rings (SSSR count). The van der Waals surface area contributed by atoms with Crippen LogP contribution in [0.25, 0.3) is 0 Å². The van der Waals surface area contributed by atoms with Gasteiger partial charge in [0, 0.05) is 13.1 Å². The van der Waals surface area contributed by atoms with Crippen molar-refractivity contribution in [1.29, 1.82) is 0 Å². The van der Waals surface area contributed by atoms with Crippen LogP contribution in [0, 0.1) is 5.92 Å². The van der Waals surface area contributed by atoms with Crippen LogP contribution in [0.4, 0.5) is 0 Å². The van der Waals surface area contributed by atoms with E-state index in [1.165, 1.54) is 11.1 Å². The highest BCUT2D eigenvalue weighted by Gasteiger charge is 2.00. The summed E-state index contributed by atoms with van der Waals surface area (Å²) < 4.78 is 0. The third-order valence-electron chi connectivity index (χ3n) is 2.85. The average molecular weight is 235 g/mol. The Bertz CT molecular complexity index is 305. The summed E-state index contributed by atoms with van der Waals surface area (Å²) in [4.78, 5) is 0. The largest absolute Gasteiger partial charge is 0.392 e. The first-order valence-electron chi connectivity index (χ1n) is 6.58. The zero-order valence-electron chi connectivity index (χ0n) is 11.2. The summed E-state index contributed by atoms with van der Waals surface area (Å²) in [6, 6.07) is 8.74. The number of rotatable bonds is 7. The summed E-state index contributed by atoms with van der Waals surface area (Å²) >= 11 is 0. The minimum Gasteiger partial charge on any atom is -0.392 e. The van der Waals surface area contributed by atoms with Gasteiger partial charge in [0.25, 0.3) is 0 Å². The summed E-state index contributed by atoms with van der Waals surface area (Å²) in [6.45, 7) is 7.97. The van der Waals surface area contributed by atoms with E-state index in [0.29, 0.717) is 12.5 Å². The number of aliphatic hydroxyl groups is 1. The van der Waals surface area contributed by atoms with Gasteiger partial charge >= 0.3 is 0 Å². The maximum atomic E-state index is 9.42. The van der Waals surface area contributed by atoms with E-state index in [2.05, 4.69) is 43.4 Å². The summed E-state index contributed by atoms with van der Waals surface area (Å²) in [5, 5.41) is 12.7. The van der Waals surface area contributed by atoms with Crippen molar-refractivity contribution >= 4 is 0 Å². The second-order valence-corrected chi connectivity index (χ2v) is 5.11. The van der Waals surface area contributed by atoms with E-state index >= 15 is 0 Å². The summed E-state index contributed by atoms with van der Waals surface area (Å²) in [7, 11) is 0. The molecule has 2 N–H and O–H groups in total. The van der Waals surface area contributed by atoms with E-state index in [-0.39, 0.29) is 6.10 Å². The Morgan fingerprint density at radius 3 is 2.24 bits per heavy atom. The molecule has 96 valence electrons. The molecule has 0 aromatic heterocycles. The third kappa shape index (κ3) is 5.85. The Morgan fingerprint density at radius 1 is 1.12 bits per heavy atom. The molecule has 2 heteroatoms. The molecule has 0 heterocycles. The van der Waals surface area contributed by atoms with Gasteiger partial charge in [-0.3, -0.25) is 0 Å². The zero-order chi connectivity index (χ0) is 12.7. The van der Waals surface area contributed by atoms with Gasteiger partial charge in [-0.2, -0.15) is 0 Å². The van der Waals surface area contributed by atoms with Crippen molar-refractivity contribution in [3.63, 3.8) is 0 Å². The summed E-state index contributed by atoms with van der Waals surface area (Å²) in [5.74, 6) is 0.707. The van der Waals surface area contributed by atoms with Gasteiger partial charge in [0.15, 0.2) is 0 Å². The van der Waals surface area contributed by atoms with Gasteiger partial charge in [0.05, 0.1) is 6.10 Å². The highest BCUT2D eigenvalue weighted by molar-refractivity contribution is 5.22. The van der Waals surface area contributed by atoms with E-state index < -0.39 is 0 Å². The predicted molar refractivity (Wildman–Crippen MR) is 73.0 cm³/mol. The first-order chi connectivity index (χ1) is 8.11. The van der Waals surface area contributed by atoms with Crippen LogP contribution in [0.15, 0.2) is 24.3 Å². The number of aliphatic hydroxyl groups excluding tert-OH is 1. The van der Waals surface area contributed by atoms with Crippen LogP contribution >= 0.6 is 0 Å². The molecule has 1 aromatic carbocycles. The van der Waals surface area contributed by atoms with Crippen molar-refractivity contribution < 1.29 is 5.11 Å². The second kappa shape index (κ2) is 7.46. The molecule has 0 spiro atoms. The zero-order valence-corrected chi connectivity index (χ0v) is 11.2. The Kier molecular flexibility index (Phi) is 6.23. The maximum absolute atomic E-state index is 9.42. The monoisotopic (exact) mass is 235 g/mol. The molecule has 0 amide bonds. The van der Waals surface area contributed by atoms with Crippen LogP contribution in [0.3, 0.4) is 0 Å². The first kappa shape index (κ1) is 14.2. The molecular formula is C15H25NO. The second-order valence-electron chi connectivity index (χ2n) is 5.11. The lowest BCUT2D eigenvalue weighted by atomic mass is 10.0. The Labute approximate surface area is 105 Å². The topological polar surface area (TPSA) is 32.3 Å². The van der Waals surface area contributed by atoms with E-state index in [1.54, 1.807) is 0 Å². The highest BCUT2D eigenvalue weighted by atomic mass is 16.3. The number of benzene rings is 1. The van der Waals surface area contributed by atoms with Crippen molar-refractivity contribution in [2.45, 2.75) is 46.3 Å². The van der Waals surface area contributed by atoms with Crippen LogP contribution in [0.5, 0.6) is 0 Å². The molecule has 0 aliphatic heterocycles. The van der Waals surface area contributed by atoms with Crippen LogP contribution in [0.2, 0.25) is 0 Å². The van der Waals surface area contributed by atoms with Crippen molar-refractivity contribution in [3.8, 4) is 0 Å². The van der Waals surface area contributed by atoms with Crippen LogP contribution < -0.4 is 5.32 Å². The molecule has 17 heavy (non-hydrogen) atoms. The molecule has 0 fully saturated rings. The molecule has 0 aliphatic rings. The van der Waals surface area contributed by atoms with Gasteiger partial charge < -0.3 is 10.4 Å². The van der Waals surface area contributed by atoms with Crippen LogP contribution in [-0.2, 0) is 13.0 Å². The number of nitrogens with one attached hydrogen (secondary N) is 1.